The molecule has 0 aliphatic carbocycles. The molecule has 0 bridgehead atoms. The summed E-state index contributed by atoms with van der Waals surface area (Å²) in [5.41, 5.74) is 5.35. The van der Waals surface area contributed by atoms with Gasteiger partial charge < -0.3 is 16.2 Å². The average molecular weight is 583 g/mol. The van der Waals surface area contributed by atoms with Gasteiger partial charge in [-0.05, 0) is 12.8 Å². The van der Waals surface area contributed by atoms with Crippen LogP contribution in [0.4, 0.5) is 0 Å². The number of amides is 1. The molecule has 5 heteroatoms. The number of carboxylic acids is 1. The minimum atomic E-state index is -0.655. The fraction of sp³-hybridized carbons (Fsp3) is 0.944. The van der Waals surface area contributed by atoms with E-state index in [-0.39, 0.29) is 5.91 Å². The molecule has 0 aromatic heterocycles. The fourth-order valence-corrected chi connectivity index (χ4v) is 5.25. The van der Waals surface area contributed by atoms with Crippen molar-refractivity contribution < 1.29 is 14.7 Å². The lowest BCUT2D eigenvalue weighted by atomic mass is 10.0. The van der Waals surface area contributed by atoms with E-state index < -0.39 is 5.97 Å². The van der Waals surface area contributed by atoms with Gasteiger partial charge in [-0.15, -0.1) is 0 Å². The topological polar surface area (TPSA) is 92.4 Å². The Morgan fingerprint density at radius 1 is 0.463 bits per heavy atom. The molecule has 0 fully saturated rings. The van der Waals surface area contributed by atoms with Crippen molar-refractivity contribution in [2.45, 2.75) is 206 Å². The van der Waals surface area contributed by atoms with Gasteiger partial charge in [0.05, 0.1) is 0 Å². The second-order valence-electron chi connectivity index (χ2n) is 12.2. The van der Waals surface area contributed by atoms with E-state index in [0.717, 1.165) is 19.3 Å². The number of unbranched alkanes of at least 4 members (excludes halogenated alkanes) is 26. The van der Waals surface area contributed by atoms with Crippen molar-refractivity contribution in [3.05, 3.63) is 0 Å². The van der Waals surface area contributed by atoms with Gasteiger partial charge >= 0.3 is 5.97 Å². The first-order valence-corrected chi connectivity index (χ1v) is 18.3. The first-order chi connectivity index (χ1) is 20.1. The maximum atomic E-state index is 11.4. The molecule has 0 rings (SSSR count). The zero-order valence-electron chi connectivity index (χ0n) is 28.0. The van der Waals surface area contributed by atoms with E-state index in [9.17, 15) is 9.59 Å². The second-order valence-corrected chi connectivity index (χ2v) is 12.2. The van der Waals surface area contributed by atoms with Gasteiger partial charge in [-0.1, -0.05) is 181 Å². The standard InChI is InChI=1S/C20H42N2O.C16H32O2/c1-2-3-4-5-6-7-8-9-10-11-12-13-14-15-16-17-20(23)22-19-18-21;1-2-3-4-5-6-7-8-9-10-11-12-13-14-15-16(17)18/h2-19,21H2,1H3,(H,22,23);2-15H2,1H3,(H,17,18). The SMILES string of the molecule is CCCCCCCCCCCCCCCC(=O)O.CCCCCCCCCCCCCCCCCC(=O)NCCN. The minimum Gasteiger partial charge on any atom is -0.481 e. The summed E-state index contributed by atoms with van der Waals surface area (Å²) in [6.07, 6.45) is 38.3. The molecule has 246 valence electrons. The van der Waals surface area contributed by atoms with E-state index in [4.69, 9.17) is 10.8 Å². The number of carboxylic acid groups (broad SMARTS) is 1. The van der Waals surface area contributed by atoms with E-state index in [1.165, 1.54) is 161 Å². The number of rotatable bonds is 32. The molecule has 41 heavy (non-hydrogen) atoms. The lowest BCUT2D eigenvalue weighted by Crippen LogP contribution is -2.28. The van der Waals surface area contributed by atoms with Crippen LogP contribution < -0.4 is 11.1 Å². The summed E-state index contributed by atoms with van der Waals surface area (Å²) in [5.74, 6) is -0.497. The number of aliphatic carboxylic acids is 1. The minimum absolute atomic E-state index is 0.158. The largest absolute Gasteiger partial charge is 0.481 e. The van der Waals surface area contributed by atoms with Crippen LogP contribution in [0.2, 0.25) is 0 Å². The van der Waals surface area contributed by atoms with Crippen LogP contribution in [-0.4, -0.2) is 30.1 Å². The summed E-state index contributed by atoms with van der Waals surface area (Å²) in [6.45, 7) is 5.68. The Balaban J connectivity index is 0. The van der Waals surface area contributed by atoms with Gasteiger partial charge in [0.25, 0.3) is 0 Å². The molecule has 4 N–H and O–H groups in total. The summed E-state index contributed by atoms with van der Waals surface area (Å²) < 4.78 is 0. The molecule has 0 aromatic carbocycles. The molecule has 0 radical (unpaired) electrons. The van der Waals surface area contributed by atoms with Gasteiger partial charge in [0.2, 0.25) is 5.91 Å². The van der Waals surface area contributed by atoms with Crippen LogP contribution in [-0.2, 0) is 9.59 Å². The number of hydrogen-bond acceptors (Lipinski definition) is 3. The van der Waals surface area contributed by atoms with Crippen LogP contribution in [0.1, 0.15) is 206 Å². The van der Waals surface area contributed by atoms with Crippen molar-refractivity contribution in [2.75, 3.05) is 13.1 Å². The number of carbonyl (C=O) groups excluding carboxylic acids is 1. The Labute approximate surface area is 257 Å². The molecular weight excluding hydrogens is 508 g/mol. The maximum absolute atomic E-state index is 11.4. The zero-order chi connectivity index (χ0) is 30.5. The Kier molecular flexibility index (Phi) is 39.9. The van der Waals surface area contributed by atoms with Crippen molar-refractivity contribution in [2.24, 2.45) is 5.73 Å². The first-order valence-electron chi connectivity index (χ1n) is 18.3. The van der Waals surface area contributed by atoms with Gasteiger partial charge in [-0.2, -0.15) is 0 Å². The second kappa shape index (κ2) is 38.9. The number of nitrogens with one attached hydrogen (secondary N) is 1. The molecule has 0 saturated carbocycles. The van der Waals surface area contributed by atoms with Gasteiger partial charge in [-0.3, -0.25) is 9.59 Å². The number of carbonyl (C=O) groups is 2. The molecule has 0 heterocycles. The van der Waals surface area contributed by atoms with Crippen LogP contribution in [0.25, 0.3) is 0 Å². The molecule has 0 spiro atoms. The van der Waals surface area contributed by atoms with E-state index in [1.54, 1.807) is 0 Å². The Hall–Kier alpha value is -1.10. The third kappa shape index (κ3) is 43.5. The maximum Gasteiger partial charge on any atom is 0.303 e. The average Bonchev–Trinajstić information content (AvgIpc) is 2.96. The van der Waals surface area contributed by atoms with Crippen molar-refractivity contribution in [3.8, 4) is 0 Å². The van der Waals surface area contributed by atoms with Crippen molar-refractivity contribution in [1.29, 1.82) is 0 Å². The summed E-state index contributed by atoms with van der Waals surface area (Å²) >= 11 is 0. The van der Waals surface area contributed by atoms with Crippen LogP contribution >= 0.6 is 0 Å². The first kappa shape index (κ1) is 42.0. The normalized spacial score (nSPS) is 10.8. The number of hydrogen-bond donors (Lipinski definition) is 3. The molecule has 0 saturated heterocycles. The van der Waals surface area contributed by atoms with Gasteiger partial charge in [0.1, 0.15) is 0 Å². The Morgan fingerprint density at radius 2 is 0.732 bits per heavy atom. The summed E-state index contributed by atoms with van der Waals surface area (Å²) in [7, 11) is 0. The smallest absolute Gasteiger partial charge is 0.303 e. The highest BCUT2D eigenvalue weighted by atomic mass is 16.4. The van der Waals surface area contributed by atoms with E-state index in [0.29, 0.717) is 25.9 Å². The Bertz CT molecular complexity index is 513. The van der Waals surface area contributed by atoms with E-state index in [2.05, 4.69) is 19.2 Å². The summed E-state index contributed by atoms with van der Waals surface area (Å²) in [5, 5.41) is 11.3. The number of nitrogens with two attached hydrogens (primary N) is 1. The molecule has 0 unspecified atom stereocenters. The van der Waals surface area contributed by atoms with Gasteiger partial charge in [0, 0.05) is 25.9 Å². The summed E-state index contributed by atoms with van der Waals surface area (Å²) in [4.78, 5) is 21.7. The van der Waals surface area contributed by atoms with E-state index >= 15 is 0 Å². The predicted octanol–water partition coefficient (Wildman–Crippen LogP) is 10.9. The molecule has 0 atom stereocenters. The highest BCUT2D eigenvalue weighted by Crippen LogP contribution is 2.14. The molecule has 0 aliphatic heterocycles. The van der Waals surface area contributed by atoms with Gasteiger partial charge in [-0.25, -0.2) is 0 Å². The third-order valence-electron chi connectivity index (χ3n) is 7.97. The van der Waals surface area contributed by atoms with Crippen LogP contribution in [0, 0.1) is 0 Å². The van der Waals surface area contributed by atoms with Crippen molar-refractivity contribution in [3.63, 3.8) is 0 Å². The molecule has 5 nitrogen and oxygen atoms in total. The third-order valence-corrected chi connectivity index (χ3v) is 7.97. The van der Waals surface area contributed by atoms with E-state index in [1.807, 2.05) is 0 Å². The molecular formula is C36H74N2O3. The molecule has 1 amide bonds. The van der Waals surface area contributed by atoms with Crippen molar-refractivity contribution >= 4 is 11.9 Å². The van der Waals surface area contributed by atoms with Crippen LogP contribution in [0.15, 0.2) is 0 Å². The highest BCUT2D eigenvalue weighted by Gasteiger charge is 2.00. The lowest BCUT2D eigenvalue weighted by molar-refractivity contribution is -0.137. The molecule has 0 aliphatic rings. The highest BCUT2D eigenvalue weighted by molar-refractivity contribution is 5.75. The predicted molar refractivity (Wildman–Crippen MR) is 180 cm³/mol. The van der Waals surface area contributed by atoms with Crippen LogP contribution in [0.3, 0.4) is 0 Å². The lowest BCUT2D eigenvalue weighted by Gasteiger charge is -2.04. The fourth-order valence-electron chi connectivity index (χ4n) is 5.25. The van der Waals surface area contributed by atoms with Crippen LogP contribution in [0.5, 0.6) is 0 Å². The quantitative estimate of drug-likeness (QED) is 0.0688. The van der Waals surface area contributed by atoms with Crippen molar-refractivity contribution in [1.82, 2.24) is 5.32 Å². The molecule has 0 aromatic rings. The summed E-state index contributed by atoms with van der Waals surface area (Å²) in [6, 6.07) is 0. The Morgan fingerprint density at radius 3 is 1.00 bits per heavy atom. The monoisotopic (exact) mass is 583 g/mol. The van der Waals surface area contributed by atoms with Gasteiger partial charge in [0.15, 0.2) is 0 Å². The zero-order valence-corrected chi connectivity index (χ0v) is 28.0.